The van der Waals surface area contributed by atoms with Crippen LogP contribution >= 0.6 is 0 Å². The molecule has 0 unspecified atom stereocenters. The van der Waals surface area contributed by atoms with Gasteiger partial charge in [-0.25, -0.2) is 0 Å². The number of rotatable bonds is 0. The Morgan fingerprint density at radius 2 is 2.19 bits per heavy atom. The van der Waals surface area contributed by atoms with Gasteiger partial charge in [-0.2, -0.15) is 0 Å². The second kappa shape index (κ2) is 3.01. The summed E-state index contributed by atoms with van der Waals surface area (Å²) in [7, 11) is 0. The van der Waals surface area contributed by atoms with Gasteiger partial charge in [-0.15, -0.1) is 0 Å². The van der Waals surface area contributed by atoms with Crippen molar-refractivity contribution in [2.45, 2.75) is 25.9 Å². The number of phenols is 1. The molecule has 2 N–H and O–H groups in total. The second-order valence-corrected chi connectivity index (χ2v) is 4.82. The van der Waals surface area contributed by atoms with Crippen LogP contribution in [0.3, 0.4) is 0 Å². The molecule has 1 aromatic heterocycles. The Morgan fingerprint density at radius 1 is 1.38 bits per heavy atom. The molecular formula is C13H15NO2. The lowest BCUT2D eigenvalue weighted by atomic mass is 9.95. The van der Waals surface area contributed by atoms with E-state index in [-0.39, 0.29) is 5.60 Å². The molecule has 3 rings (SSSR count). The van der Waals surface area contributed by atoms with Gasteiger partial charge in [0.2, 0.25) is 0 Å². The van der Waals surface area contributed by atoms with Crippen LogP contribution in [0.15, 0.2) is 18.2 Å². The first-order valence-electron chi connectivity index (χ1n) is 5.56. The molecular weight excluding hydrogens is 202 g/mol. The number of hydrogen-bond donors (Lipinski definition) is 2. The fourth-order valence-corrected chi connectivity index (χ4v) is 2.49. The summed E-state index contributed by atoms with van der Waals surface area (Å²) in [4.78, 5) is 3.40. The molecule has 0 saturated carbocycles. The third-order valence-electron chi connectivity index (χ3n) is 3.31. The molecule has 0 radical (unpaired) electrons. The largest absolute Gasteiger partial charge is 0.508 e. The summed E-state index contributed by atoms with van der Waals surface area (Å²) >= 11 is 0. The molecule has 0 amide bonds. The summed E-state index contributed by atoms with van der Waals surface area (Å²) in [5.74, 6) is 0.318. The van der Waals surface area contributed by atoms with Crippen LogP contribution in [0.1, 0.15) is 25.1 Å². The number of hydrogen-bond acceptors (Lipinski definition) is 2. The molecule has 2 aromatic rings. The molecule has 3 heteroatoms. The van der Waals surface area contributed by atoms with Gasteiger partial charge in [0.15, 0.2) is 0 Å². The lowest BCUT2D eigenvalue weighted by molar-refractivity contribution is -0.0339. The normalized spacial score (nSPS) is 18.6. The van der Waals surface area contributed by atoms with Crippen LogP contribution in [0.4, 0.5) is 0 Å². The number of ether oxygens (including phenoxy) is 1. The van der Waals surface area contributed by atoms with Crippen LogP contribution in [0.25, 0.3) is 10.9 Å². The van der Waals surface area contributed by atoms with Crippen molar-refractivity contribution in [1.82, 2.24) is 4.98 Å². The molecule has 3 nitrogen and oxygen atoms in total. The molecule has 84 valence electrons. The first-order chi connectivity index (χ1) is 7.58. The SMILES string of the molecule is CC1(C)OCCc2c1[nH]c1ccc(O)cc21. The first kappa shape index (κ1) is 9.73. The molecule has 0 spiro atoms. The third-order valence-corrected chi connectivity index (χ3v) is 3.31. The first-order valence-corrected chi connectivity index (χ1v) is 5.56. The van der Waals surface area contributed by atoms with E-state index in [1.807, 2.05) is 12.1 Å². The molecule has 2 heterocycles. The molecule has 16 heavy (non-hydrogen) atoms. The van der Waals surface area contributed by atoms with Crippen molar-refractivity contribution < 1.29 is 9.84 Å². The predicted octanol–water partition coefficient (Wildman–Crippen LogP) is 2.68. The number of aromatic nitrogens is 1. The average molecular weight is 217 g/mol. The van der Waals surface area contributed by atoms with E-state index in [0.29, 0.717) is 5.75 Å². The summed E-state index contributed by atoms with van der Waals surface area (Å²) in [5, 5.41) is 10.7. The fraction of sp³-hybridized carbons (Fsp3) is 0.385. The highest BCUT2D eigenvalue weighted by molar-refractivity contribution is 5.86. The summed E-state index contributed by atoms with van der Waals surface area (Å²) < 4.78 is 5.76. The molecule has 0 atom stereocenters. The zero-order valence-corrected chi connectivity index (χ0v) is 9.50. The lowest BCUT2D eigenvalue weighted by Gasteiger charge is -2.30. The predicted molar refractivity (Wildman–Crippen MR) is 62.6 cm³/mol. The summed E-state index contributed by atoms with van der Waals surface area (Å²) in [5.41, 5.74) is 3.23. The van der Waals surface area contributed by atoms with E-state index in [1.54, 1.807) is 6.07 Å². The Kier molecular flexibility index (Phi) is 1.83. The average Bonchev–Trinajstić information content (AvgIpc) is 2.58. The lowest BCUT2D eigenvalue weighted by Crippen LogP contribution is -2.29. The fourth-order valence-electron chi connectivity index (χ4n) is 2.49. The topological polar surface area (TPSA) is 45.2 Å². The van der Waals surface area contributed by atoms with Crippen molar-refractivity contribution in [2.24, 2.45) is 0 Å². The molecule has 0 saturated heterocycles. The highest BCUT2D eigenvalue weighted by Gasteiger charge is 2.31. The van der Waals surface area contributed by atoms with Gasteiger partial charge in [0.05, 0.1) is 12.3 Å². The number of phenolic OH excluding ortho intramolecular Hbond substituents is 1. The van der Waals surface area contributed by atoms with Gasteiger partial charge >= 0.3 is 0 Å². The Labute approximate surface area is 94.0 Å². The number of benzene rings is 1. The minimum Gasteiger partial charge on any atom is -0.508 e. The third kappa shape index (κ3) is 1.25. The molecule has 0 fully saturated rings. The summed E-state index contributed by atoms with van der Waals surface area (Å²) in [6.45, 7) is 4.88. The van der Waals surface area contributed by atoms with Crippen molar-refractivity contribution in [3.63, 3.8) is 0 Å². The van der Waals surface area contributed by atoms with E-state index in [0.717, 1.165) is 29.6 Å². The van der Waals surface area contributed by atoms with Gasteiger partial charge in [-0.05, 0) is 44.0 Å². The van der Waals surface area contributed by atoms with Crippen LogP contribution in [0, 0.1) is 0 Å². The maximum absolute atomic E-state index is 9.54. The van der Waals surface area contributed by atoms with E-state index < -0.39 is 0 Å². The Balaban J connectivity index is 2.33. The number of fused-ring (bicyclic) bond motifs is 3. The quantitative estimate of drug-likeness (QED) is 0.712. The molecule has 1 aromatic carbocycles. The monoisotopic (exact) mass is 217 g/mol. The number of H-pyrrole nitrogens is 1. The number of aromatic hydroxyl groups is 1. The Hall–Kier alpha value is -1.48. The van der Waals surface area contributed by atoms with Crippen molar-refractivity contribution in [2.75, 3.05) is 6.61 Å². The van der Waals surface area contributed by atoms with Crippen molar-refractivity contribution in [3.8, 4) is 5.75 Å². The molecule has 1 aliphatic heterocycles. The van der Waals surface area contributed by atoms with E-state index in [9.17, 15) is 5.11 Å². The Bertz CT molecular complexity index is 554. The van der Waals surface area contributed by atoms with Crippen LogP contribution in [-0.4, -0.2) is 16.7 Å². The van der Waals surface area contributed by atoms with Gasteiger partial charge in [0.25, 0.3) is 0 Å². The molecule has 1 aliphatic rings. The zero-order valence-electron chi connectivity index (χ0n) is 9.50. The van der Waals surface area contributed by atoms with E-state index in [2.05, 4.69) is 18.8 Å². The molecule has 0 aliphatic carbocycles. The summed E-state index contributed by atoms with van der Waals surface area (Å²) in [6, 6.07) is 5.45. The van der Waals surface area contributed by atoms with Crippen LogP contribution < -0.4 is 0 Å². The van der Waals surface area contributed by atoms with E-state index >= 15 is 0 Å². The minimum atomic E-state index is -0.262. The summed E-state index contributed by atoms with van der Waals surface area (Å²) in [6.07, 6.45) is 0.905. The van der Waals surface area contributed by atoms with Crippen LogP contribution in [0.5, 0.6) is 5.75 Å². The van der Waals surface area contributed by atoms with E-state index in [4.69, 9.17) is 4.74 Å². The zero-order chi connectivity index (χ0) is 11.3. The Morgan fingerprint density at radius 3 is 3.00 bits per heavy atom. The van der Waals surface area contributed by atoms with Crippen molar-refractivity contribution in [3.05, 3.63) is 29.5 Å². The van der Waals surface area contributed by atoms with Gasteiger partial charge in [-0.3, -0.25) is 0 Å². The highest BCUT2D eigenvalue weighted by Crippen LogP contribution is 2.37. The molecule has 0 bridgehead atoms. The second-order valence-electron chi connectivity index (χ2n) is 4.82. The maximum atomic E-state index is 9.54. The number of nitrogens with one attached hydrogen (secondary N) is 1. The number of aromatic amines is 1. The van der Waals surface area contributed by atoms with Gasteiger partial charge in [0, 0.05) is 10.9 Å². The smallest absolute Gasteiger partial charge is 0.116 e. The van der Waals surface area contributed by atoms with Gasteiger partial charge in [0.1, 0.15) is 11.4 Å². The van der Waals surface area contributed by atoms with Gasteiger partial charge < -0.3 is 14.8 Å². The van der Waals surface area contributed by atoms with Crippen LogP contribution in [0.2, 0.25) is 0 Å². The van der Waals surface area contributed by atoms with Crippen LogP contribution in [-0.2, 0) is 16.8 Å². The maximum Gasteiger partial charge on any atom is 0.116 e. The highest BCUT2D eigenvalue weighted by atomic mass is 16.5. The van der Waals surface area contributed by atoms with Gasteiger partial charge in [-0.1, -0.05) is 0 Å². The van der Waals surface area contributed by atoms with Crippen molar-refractivity contribution >= 4 is 10.9 Å². The minimum absolute atomic E-state index is 0.262. The standard InChI is InChI=1S/C13H15NO2/c1-13(2)12-9(5-6-16-13)10-7-8(15)3-4-11(10)14-12/h3-4,7,14-15H,5-6H2,1-2H3. The van der Waals surface area contributed by atoms with E-state index in [1.165, 1.54) is 5.56 Å². The van der Waals surface area contributed by atoms with Crippen molar-refractivity contribution in [1.29, 1.82) is 0 Å².